The van der Waals surface area contributed by atoms with Crippen molar-refractivity contribution in [3.8, 4) is 0 Å². The highest BCUT2D eigenvalue weighted by atomic mass is 32.2. The van der Waals surface area contributed by atoms with Crippen LogP contribution in [0.25, 0.3) is 0 Å². The third kappa shape index (κ3) is 6.52. The second-order valence-corrected chi connectivity index (χ2v) is 11.1. The molecule has 0 atom stereocenters. The lowest BCUT2D eigenvalue weighted by Gasteiger charge is -2.30. The molecule has 1 aliphatic heterocycles. The standard InChI is InChI=1S/C26H37N5O3S/c1-2-3-13-28-26(32)24-18-22(19-29-25(24)31-16-14-27-15-17-31)30-35(33,34)23-11-9-21(10-12-23)20-7-5-4-6-8-20/h9-12,18-20,27,30H,2-8,13-17H2,1H3,(H,28,32). The van der Waals surface area contributed by atoms with Crippen molar-refractivity contribution in [1.29, 1.82) is 0 Å². The van der Waals surface area contributed by atoms with Crippen LogP contribution < -0.4 is 20.3 Å². The Labute approximate surface area is 209 Å². The van der Waals surface area contributed by atoms with Crippen LogP contribution in [0.1, 0.15) is 73.7 Å². The van der Waals surface area contributed by atoms with E-state index in [0.29, 0.717) is 23.8 Å². The number of amides is 1. The minimum Gasteiger partial charge on any atom is -0.353 e. The summed E-state index contributed by atoms with van der Waals surface area (Å²) in [6.45, 7) is 5.73. The van der Waals surface area contributed by atoms with Gasteiger partial charge in [-0.2, -0.15) is 0 Å². The summed E-state index contributed by atoms with van der Waals surface area (Å²) in [5.74, 6) is 0.863. The molecule has 1 aliphatic carbocycles. The molecule has 2 aliphatic rings. The number of hydrogen-bond donors (Lipinski definition) is 3. The number of sulfonamides is 1. The van der Waals surface area contributed by atoms with E-state index in [1.54, 1.807) is 18.2 Å². The minimum atomic E-state index is -3.81. The van der Waals surface area contributed by atoms with Crippen molar-refractivity contribution in [3.05, 3.63) is 47.7 Å². The van der Waals surface area contributed by atoms with Gasteiger partial charge < -0.3 is 15.5 Å². The Kier molecular flexibility index (Phi) is 8.62. The lowest BCUT2D eigenvalue weighted by atomic mass is 9.84. The molecule has 1 saturated heterocycles. The van der Waals surface area contributed by atoms with Crippen LogP contribution in [0, 0.1) is 0 Å². The SMILES string of the molecule is CCCCNC(=O)c1cc(NS(=O)(=O)c2ccc(C3CCCCC3)cc2)cnc1N1CCNCC1. The zero-order valence-electron chi connectivity index (χ0n) is 20.6. The molecular formula is C26H37N5O3S. The molecule has 190 valence electrons. The van der Waals surface area contributed by atoms with Crippen molar-refractivity contribution in [2.24, 2.45) is 0 Å². The lowest BCUT2D eigenvalue weighted by Crippen LogP contribution is -2.44. The Morgan fingerprint density at radius 1 is 1.11 bits per heavy atom. The highest BCUT2D eigenvalue weighted by Crippen LogP contribution is 2.33. The highest BCUT2D eigenvalue weighted by Gasteiger charge is 2.23. The second-order valence-electron chi connectivity index (χ2n) is 9.45. The summed E-state index contributed by atoms with van der Waals surface area (Å²) in [6.07, 6.45) is 9.43. The molecule has 1 aromatic carbocycles. The fraction of sp³-hybridized carbons (Fsp3) is 0.538. The van der Waals surface area contributed by atoms with E-state index in [4.69, 9.17) is 0 Å². The van der Waals surface area contributed by atoms with Gasteiger partial charge in [-0.3, -0.25) is 9.52 Å². The van der Waals surface area contributed by atoms with Crippen LogP contribution in [0.2, 0.25) is 0 Å². The molecule has 0 spiro atoms. The highest BCUT2D eigenvalue weighted by molar-refractivity contribution is 7.92. The van der Waals surface area contributed by atoms with E-state index in [1.165, 1.54) is 43.9 Å². The molecule has 0 bridgehead atoms. The molecule has 2 aromatic rings. The molecule has 1 aromatic heterocycles. The number of unbranched alkanes of at least 4 members (excludes halogenated alkanes) is 1. The summed E-state index contributed by atoms with van der Waals surface area (Å²) < 4.78 is 28.8. The van der Waals surface area contributed by atoms with Crippen molar-refractivity contribution < 1.29 is 13.2 Å². The van der Waals surface area contributed by atoms with Gasteiger partial charge >= 0.3 is 0 Å². The average molecular weight is 500 g/mol. The Balaban J connectivity index is 1.54. The zero-order chi connectivity index (χ0) is 24.7. The van der Waals surface area contributed by atoms with Crippen LogP contribution in [-0.4, -0.2) is 52.0 Å². The largest absolute Gasteiger partial charge is 0.353 e. The Bertz CT molecular complexity index is 1090. The van der Waals surface area contributed by atoms with Gasteiger partial charge in [0.15, 0.2) is 0 Å². The van der Waals surface area contributed by atoms with E-state index in [0.717, 1.165) is 39.0 Å². The van der Waals surface area contributed by atoms with Gasteiger partial charge in [0.05, 0.1) is 22.3 Å². The molecule has 0 unspecified atom stereocenters. The predicted molar refractivity (Wildman–Crippen MR) is 140 cm³/mol. The summed E-state index contributed by atoms with van der Waals surface area (Å²) in [5.41, 5.74) is 1.87. The Hall–Kier alpha value is -2.65. The van der Waals surface area contributed by atoms with Crippen molar-refractivity contribution in [2.45, 2.75) is 62.7 Å². The lowest BCUT2D eigenvalue weighted by molar-refractivity contribution is 0.0953. The van der Waals surface area contributed by atoms with Gasteiger partial charge in [-0.15, -0.1) is 0 Å². The number of nitrogens with one attached hydrogen (secondary N) is 3. The number of pyridine rings is 1. The molecule has 2 fully saturated rings. The van der Waals surface area contributed by atoms with Crippen LogP contribution in [-0.2, 0) is 10.0 Å². The number of benzene rings is 1. The van der Waals surface area contributed by atoms with Gasteiger partial charge in [0, 0.05) is 32.7 Å². The first kappa shape index (κ1) is 25.4. The van der Waals surface area contributed by atoms with Crippen LogP contribution in [0.15, 0.2) is 41.4 Å². The third-order valence-corrected chi connectivity index (χ3v) is 8.26. The normalized spacial score (nSPS) is 17.2. The average Bonchev–Trinajstić information content (AvgIpc) is 2.89. The Morgan fingerprint density at radius 3 is 2.51 bits per heavy atom. The van der Waals surface area contributed by atoms with Crippen molar-refractivity contribution in [3.63, 3.8) is 0 Å². The molecule has 4 rings (SSSR count). The van der Waals surface area contributed by atoms with E-state index in [9.17, 15) is 13.2 Å². The number of carbonyl (C=O) groups excluding carboxylic acids is 1. The smallest absolute Gasteiger partial charge is 0.261 e. The molecule has 2 heterocycles. The molecule has 1 saturated carbocycles. The summed E-state index contributed by atoms with van der Waals surface area (Å²) in [6, 6.07) is 8.81. The molecule has 9 heteroatoms. The monoisotopic (exact) mass is 499 g/mol. The van der Waals surface area contributed by atoms with Crippen molar-refractivity contribution >= 4 is 27.4 Å². The topological polar surface area (TPSA) is 103 Å². The summed E-state index contributed by atoms with van der Waals surface area (Å²) in [4.78, 5) is 19.8. The van der Waals surface area contributed by atoms with Gasteiger partial charge in [-0.1, -0.05) is 44.7 Å². The van der Waals surface area contributed by atoms with E-state index in [1.807, 2.05) is 12.1 Å². The number of aromatic nitrogens is 1. The predicted octanol–water partition coefficient (Wildman–Crippen LogP) is 3.87. The van der Waals surface area contributed by atoms with Crippen LogP contribution in [0.4, 0.5) is 11.5 Å². The fourth-order valence-electron chi connectivity index (χ4n) is 4.85. The summed E-state index contributed by atoms with van der Waals surface area (Å²) >= 11 is 0. The molecule has 3 N–H and O–H groups in total. The van der Waals surface area contributed by atoms with Gasteiger partial charge in [0.25, 0.3) is 15.9 Å². The second kappa shape index (κ2) is 11.9. The van der Waals surface area contributed by atoms with Gasteiger partial charge in [-0.25, -0.2) is 13.4 Å². The maximum absolute atomic E-state index is 13.1. The molecular weight excluding hydrogens is 462 g/mol. The minimum absolute atomic E-state index is 0.206. The number of anilines is 2. The van der Waals surface area contributed by atoms with Crippen LogP contribution in [0.5, 0.6) is 0 Å². The maximum atomic E-state index is 13.1. The molecule has 1 amide bonds. The molecule has 35 heavy (non-hydrogen) atoms. The first-order chi connectivity index (χ1) is 17.0. The summed E-state index contributed by atoms with van der Waals surface area (Å²) in [5, 5.41) is 6.24. The quantitative estimate of drug-likeness (QED) is 0.453. The number of nitrogens with zero attached hydrogens (tertiary/aromatic N) is 2. The third-order valence-electron chi connectivity index (χ3n) is 6.86. The molecule has 0 radical (unpaired) electrons. The van der Waals surface area contributed by atoms with E-state index < -0.39 is 10.0 Å². The first-order valence-corrected chi connectivity index (χ1v) is 14.3. The van der Waals surface area contributed by atoms with E-state index in [-0.39, 0.29) is 16.5 Å². The van der Waals surface area contributed by atoms with E-state index in [2.05, 4.69) is 32.2 Å². The number of piperazine rings is 1. The van der Waals surface area contributed by atoms with Crippen LogP contribution in [0.3, 0.4) is 0 Å². The first-order valence-electron chi connectivity index (χ1n) is 12.8. The number of rotatable bonds is 9. The van der Waals surface area contributed by atoms with Gasteiger partial charge in [0.1, 0.15) is 5.82 Å². The van der Waals surface area contributed by atoms with Crippen LogP contribution >= 0.6 is 0 Å². The maximum Gasteiger partial charge on any atom is 0.261 e. The number of hydrogen-bond acceptors (Lipinski definition) is 6. The summed E-state index contributed by atoms with van der Waals surface area (Å²) in [7, 11) is -3.81. The van der Waals surface area contributed by atoms with E-state index >= 15 is 0 Å². The van der Waals surface area contributed by atoms with Gasteiger partial charge in [-0.05, 0) is 48.9 Å². The zero-order valence-corrected chi connectivity index (χ0v) is 21.4. The van der Waals surface area contributed by atoms with Crippen molar-refractivity contribution in [2.75, 3.05) is 42.3 Å². The van der Waals surface area contributed by atoms with Crippen molar-refractivity contribution in [1.82, 2.24) is 15.6 Å². The Morgan fingerprint density at radius 2 is 1.83 bits per heavy atom. The van der Waals surface area contributed by atoms with Gasteiger partial charge in [0.2, 0.25) is 0 Å². The number of carbonyl (C=O) groups is 1. The fourth-order valence-corrected chi connectivity index (χ4v) is 5.89. The molecule has 8 nitrogen and oxygen atoms in total.